The molecule has 2 fully saturated rings. The Bertz CT molecular complexity index is 1300. The van der Waals surface area contributed by atoms with Gasteiger partial charge in [-0.3, -0.25) is 0 Å². The Hall–Kier alpha value is -3.32. The zero-order valence-corrected chi connectivity index (χ0v) is 31.0. The summed E-state index contributed by atoms with van der Waals surface area (Å²) >= 11 is 0. The number of allylic oxidation sites excluding steroid dienone is 4. The molecule has 0 amide bonds. The molecule has 2 heterocycles. The highest BCUT2D eigenvalue weighted by Crippen LogP contribution is 2.30. The highest BCUT2D eigenvalue weighted by atomic mass is 19.1. The number of anilines is 1. The van der Waals surface area contributed by atoms with Crippen LogP contribution in [0.25, 0.3) is 0 Å². The Labute approximate surface area is 296 Å². The topological polar surface area (TPSA) is 37.1 Å². The van der Waals surface area contributed by atoms with Crippen LogP contribution in [-0.4, -0.2) is 38.4 Å². The first kappa shape index (κ1) is 41.8. The number of nitrogens with one attached hydrogen (secondary N) is 1. The van der Waals surface area contributed by atoms with Crippen molar-refractivity contribution in [2.24, 2.45) is 11.8 Å². The molecule has 0 aromatic heterocycles. The zero-order chi connectivity index (χ0) is 35.9. The van der Waals surface area contributed by atoms with Crippen molar-refractivity contribution < 1.29 is 23.5 Å². The first-order chi connectivity index (χ1) is 23.8. The van der Waals surface area contributed by atoms with Crippen molar-refractivity contribution in [1.82, 2.24) is 0 Å². The van der Waals surface area contributed by atoms with Gasteiger partial charge in [-0.1, -0.05) is 94.8 Å². The Balaban J connectivity index is 0.000000278. The Morgan fingerprint density at radius 3 is 1.94 bits per heavy atom. The average Bonchev–Trinajstić information content (AvgIpc) is 3.11. The van der Waals surface area contributed by atoms with Gasteiger partial charge in [-0.05, 0) is 98.4 Å². The van der Waals surface area contributed by atoms with Crippen LogP contribution in [0.2, 0.25) is 0 Å². The standard InChI is InChI=1S/C18H19F2NO.C16H25NO.C7H12.C2H6/c19-15-4-2-14(3-5-15)18(22)10-1-13-11-21(12-13)17-8-6-16(20)7-9-17;1-3-14-8-10-17(11-9-14)12-15-4-6-16(7-5-15)13-18-2;1-3-5-7-6-4-2;1-2/h2-9,13,18,22H,1,10-12H2;4-7,14H,3,8-13H2,1-2H3;3,5-7H,4H2,1-2H3;1-2H3/p+1/b;;5-3-,7-6-;/t18-;;;/m0.../s1. The van der Waals surface area contributed by atoms with E-state index in [1.165, 1.54) is 74.3 Å². The lowest BCUT2D eigenvalue weighted by atomic mass is 9.91. The summed E-state index contributed by atoms with van der Waals surface area (Å²) in [5.41, 5.74) is 4.52. The van der Waals surface area contributed by atoms with Crippen molar-refractivity contribution in [3.05, 3.63) is 125 Å². The molecule has 2 aliphatic heterocycles. The third kappa shape index (κ3) is 16.3. The highest BCUT2D eigenvalue weighted by Gasteiger charge is 2.27. The SMILES string of the molecule is C/C=C\C=C/CC.CC.CCC1CC[NH+](Cc2ccc(COC)cc2)CC1.O[C@@H](CCC1CN(c2ccc(F)cc2)C1)c1ccc(F)cc1. The summed E-state index contributed by atoms with van der Waals surface area (Å²) in [5, 5.41) is 10.1. The lowest BCUT2D eigenvalue weighted by Gasteiger charge is -2.41. The van der Waals surface area contributed by atoms with E-state index in [2.05, 4.69) is 55.2 Å². The molecule has 6 heteroatoms. The Kier molecular flexibility index (Phi) is 21.1. The van der Waals surface area contributed by atoms with E-state index in [9.17, 15) is 13.9 Å². The van der Waals surface area contributed by atoms with Crippen LogP contribution in [0.15, 0.2) is 97.1 Å². The fourth-order valence-electron chi connectivity index (χ4n) is 6.07. The number of aliphatic hydroxyl groups is 1. The van der Waals surface area contributed by atoms with Gasteiger partial charge in [0.25, 0.3) is 0 Å². The van der Waals surface area contributed by atoms with E-state index in [4.69, 9.17) is 4.74 Å². The number of likely N-dealkylation sites (tertiary alicyclic amines) is 1. The van der Waals surface area contributed by atoms with Gasteiger partial charge in [0.2, 0.25) is 0 Å². The van der Waals surface area contributed by atoms with Crippen molar-refractivity contribution in [2.45, 2.75) is 92.4 Å². The lowest BCUT2D eigenvalue weighted by Crippen LogP contribution is -3.11. The molecule has 0 saturated carbocycles. The molecule has 0 spiro atoms. The lowest BCUT2D eigenvalue weighted by molar-refractivity contribution is -0.919. The predicted molar refractivity (Wildman–Crippen MR) is 203 cm³/mol. The van der Waals surface area contributed by atoms with E-state index in [1.807, 2.05) is 32.9 Å². The second-order valence-electron chi connectivity index (χ2n) is 12.8. The molecule has 0 aliphatic carbocycles. The number of methoxy groups -OCH3 is 1. The van der Waals surface area contributed by atoms with Gasteiger partial charge in [0, 0.05) is 31.5 Å². The van der Waals surface area contributed by atoms with Crippen molar-refractivity contribution in [2.75, 3.05) is 38.2 Å². The van der Waals surface area contributed by atoms with E-state index < -0.39 is 6.10 Å². The van der Waals surface area contributed by atoms with Crippen molar-refractivity contribution in [3.63, 3.8) is 0 Å². The van der Waals surface area contributed by atoms with E-state index in [-0.39, 0.29) is 11.6 Å². The van der Waals surface area contributed by atoms with Gasteiger partial charge >= 0.3 is 0 Å². The zero-order valence-electron chi connectivity index (χ0n) is 31.0. The molecule has 5 rings (SSSR count). The predicted octanol–water partition coefficient (Wildman–Crippen LogP) is 9.51. The maximum atomic E-state index is 12.9. The first-order valence-corrected chi connectivity index (χ1v) is 18.5. The third-order valence-electron chi connectivity index (χ3n) is 9.11. The van der Waals surface area contributed by atoms with Crippen LogP contribution in [0.3, 0.4) is 0 Å². The highest BCUT2D eigenvalue weighted by molar-refractivity contribution is 5.48. The molecule has 2 N–H and O–H groups in total. The van der Waals surface area contributed by atoms with E-state index in [0.717, 1.165) is 49.7 Å². The maximum absolute atomic E-state index is 12.9. The molecule has 0 unspecified atom stereocenters. The summed E-state index contributed by atoms with van der Waals surface area (Å²) in [6.07, 6.45) is 14.6. The monoisotopic (exact) mass is 677 g/mol. The van der Waals surface area contributed by atoms with Gasteiger partial charge in [-0.2, -0.15) is 0 Å². The number of nitrogens with zero attached hydrogens (tertiary/aromatic N) is 1. The van der Waals surface area contributed by atoms with Crippen LogP contribution in [0.4, 0.5) is 14.5 Å². The number of piperidine rings is 1. The smallest absolute Gasteiger partial charge is 0.123 e. The third-order valence-corrected chi connectivity index (χ3v) is 9.11. The Morgan fingerprint density at radius 1 is 0.837 bits per heavy atom. The fourth-order valence-corrected chi connectivity index (χ4v) is 6.07. The van der Waals surface area contributed by atoms with E-state index in [0.29, 0.717) is 12.3 Å². The van der Waals surface area contributed by atoms with Gasteiger partial charge in [-0.25, -0.2) is 8.78 Å². The molecule has 0 radical (unpaired) electrons. The number of hydrogen-bond acceptors (Lipinski definition) is 3. The van der Waals surface area contributed by atoms with Crippen molar-refractivity contribution >= 4 is 5.69 Å². The van der Waals surface area contributed by atoms with Gasteiger partial charge in [0.05, 0.1) is 25.8 Å². The summed E-state index contributed by atoms with van der Waals surface area (Å²) in [6.45, 7) is 16.9. The largest absolute Gasteiger partial charge is 0.388 e. The fraction of sp³-hybridized carbons (Fsp3) is 0.488. The second-order valence-corrected chi connectivity index (χ2v) is 12.8. The van der Waals surface area contributed by atoms with Crippen LogP contribution in [0, 0.1) is 23.5 Å². The molecule has 4 nitrogen and oxygen atoms in total. The van der Waals surface area contributed by atoms with Gasteiger partial charge in [-0.15, -0.1) is 0 Å². The molecule has 2 aliphatic rings. The maximum Gasteiger partial charge on any atom is 0.123 e. The van der Waals surface area contributed by atoms with Gasteiger partial charge in [0.1, 0.15) is 18.2 Å². The molecule has 49 heavy (non-hydrogen) atoms. The van der Waals surface area contributed by atoms with Crippen LogP contribution < -0.4 is 9.80 Å². The molecule has 0 bridgehead atoms. The number of ether oxygens (including phenoxy) is 1. The van der Waals surface area contributed by atoms with Crippen LogP contribution in [-0.2, 0) is 17.9 Å². The molecule has 2 saturated heterocycles. The van der Waals surface area contributed by atoms with E-state index >= 15 is 0 Å². The van der Waals surface area contributed by atoms with Gasteiger partial charge < -0.3 is 19.6 Å². The summed E-state index contributed by atoms with van der Waals surface area (Å²) < 4.78 is 30.9. The quantitative estimate of drug-likeness (QED) is 0.188. The number of benzene rings is 3. The Morgan fingerprint density at radius 2 is 1.41 bits per heavy atom. The summed E-state index contributed by atoms with van der Waals surface area (Å²) in [6, 6.07) is 21.4. The van der Waals surface area contributed by atoms with Gasteiger partial charge in [0.15, 0.2) is 0 Å². The van der Waals surface area contributed by atoms with E-state index in [1.54, 1.807) is 36.3 Å². The summed E-state index contributed by atoms with van der Waals surface area (Å²) in [5.74, 6) is 1.02. The number of hydrogen-bond donors (Lipinski definition) is 2. The number of aliphatic hydroxyl groups excluding tert-OH is 1. The summed E-state index contributed by atoms with van der Waals surface area (Å²) in [7, 11) is 1.75. The minimum absolute atomic E-state index is 0.219. The van der Waals surface area contributed by atoms with Crippen molar-refractivity contribution in [3.8, 4) is 0 Å². The molecule has 270 valence electrons. The minimum Gasteiger partial charge on any atom is -0.388 e. The average molecular weight is 678 g/mol. The minimum atomic E-state index is -0.541. The molecule has 1 atom stereocenters. The molecular weight excluding hydrogens is 614 g/mol. The second kappa shape index (κ2) is 24.8. The number of rotatable bonds is 12. The van der Waals surface area contributed by atoms with Crippen LogP contribution >= 0.6 is 0 Å². The molecular formula is C43H63F2N2O2+. The number of halogens is 2. The molecule has 3 aromatic carbocycles. The molecule has 3 aromatic rings. The normalized spacial score (nSPS) is 18.0. The summed E-state index contributed by atoms with van der Waals surface area (Å²) in [4.78, 5) is 3.95. The van der Waals surface area contributed by atoms with Crippen LogP contribution in [0.5, 0.6) is 0 Å². The van der Waals surface area contributed by atoms with Crippen LogP contribution in [0.1, 0.15) is 95.9 Å². The number of quaternary nitrogens is 1. The van der Waals surface area contributed by atoms with Crippen molar-refractivity contribution in [1.29, 1.82) is 0 Å². The first-order valence-electron chi connectivity index (χ1n) is 18.5.